The van der Waals surface area contributed by atoms with Gasteiger partial charge in [-0.3, -0.25) is 19.2 Å². The number of rotatable bonds is 25. The standard InChI is InChI=1S/C42H66N4O8/c1-31(27-33-19-21-35(51-39(47)15-11-23-43(3)4)37(29-33)53-41(49)17-13-25-45(7)8)32(2)28-34-20-22-36(52-40(48)16-12-24-44(5)6)38(30-34)54-42(50)18-14-26-46(9)10/h19-22,29-32H,11-18,23-28H2,1-10H3/t31-,32-/m1/s1. The Balaban J connectivity index is 2.21. The van der Waals surface area contributed by atoms with Crippen molar-refractivity contribution < 1.29 is 38.1 Å². The van der Waals surface area contributed by atoms with E-state index in [0.29, 0.717) is 38.5 Å². The molecule has 54 heavy (non-hydrogen) atoms. The van der Waals surface area contributed by atoms with Crippen LogP contribution in [0.25, 0.3) is 0 Å². The number of ether oxygens (including phenoxy) is 4. The minimum Gasteiger partial charge on any atom is -0.423 e. The predicted molar refractivity (Wildman–Crippen MR) is 212 cm³/mol. The van der Waals surface area contributed by atoms with Crippen molar-refractivity contribution in [3.8, 4) is 23.0 Å². The molecule has 0 aliphatic rings. The van der Waals surface area contributed by atoms with E-state index < -0.39 is 0 Å². The SMILES string of the molecule is C[C@H](Cc1ccc(OC(=O)CCCN(C)C)c(OC(=O)CCCN(C)C)c1)[C@H](C)Cc1ccc(OC(=O)CCCN(C)C)c(OC(=O)CCCN(C)C)c1. The lowest BCUT2D eigenvalue weighted by atomic mass is 9.85. The molecule has 0 radical (unpaired) electrons. The second-order valence-corrected chi connectivity index (χ2v) is 15.4. The largest absolute Gasteiger partial charge is 0.423 e. The van der Waals surface area contributed by atoms with Crippen LogP contribution in [-0.2, 0) is 32.0 Å². The van der Waals surface area contributed by atoms with Crippen molar-refractivity contribution in [3.05, 3.63) is 47.5 Å². The van der Waals surface area contributed by atoms with Crippen molar-refractivity contribution in [2.24, 2.45) is 11.8 Å². The van der Waals surface area contributed by atoms with E-state index in [4.69, 9.17) is 18.9 Å². The highest BCUT2D eigenvalue weighted by Crippen LogP contribution is 2.34. The highest BCUT2D eigenvalue weighted by molar-refractivity contribution is 5.77. The number of benzene rings is 2. The molecule has 0 bridgehead atoms. The first-order valence-corrected chi connectivity index (χ1v) is 19.2. The Morgan fingerprint density at radius 2 is 0.704 bits per heavy atom. The summed E-state index contributed by atoms with van der Waals surface area (Å²) in [5.74, 6) is -0.164. The van der Waals surface area contributed by atoms with Crippen LogP contribution in [0.5, 0.6) is 23.0 Å². The molecule has 12 nitrogen and oxygen atoms in total. The normalized spacial score (nSPS) is 12.6. The molecule has 302 valence electrons. The van der Waals surface area contributed by atoms with Crippen LogP contribution in [0, 0.1) is 11.8 Å². The molecule has 2 rings (SSSR count). The van der Waals surface area contributed by atoms with Gasteiger partial charge in [-0.1, -0.05) is 26.0 Å². The van der Waals surface area contributed by atoms with Crippen molar-refractivity contribution in [1.82, 2.24) is 19.6 Å². The van der Waals surface area contributed by atoms with Gasteiger partial charge < -0.3 is 38.5 Å². The van der Waals surface area contributed by atoms with Crippen molar-refractivity contribution in [2.75, 3.05) is 82.6 Å². The summed E-state index contributed by atoms with van der Waals surface area (Å²) in [6.45, 7) is 7.35. The van der Waals surface area contributed by atoms with E-state index in [0.717, 1.165) is 37.3 Å². The first-order chi connectivity index (χ1) is 25.5. The van der Waals surface area contributed by atoms with E-state index in [1.807, 2.05) is 88.1 Å². The molecule has 2 atom stereocenters. The fraction of sp³-hybridized carbons (Fsp3) is 0.619. The molecule has 0 aliphatic heterocycles. The zero-order valence-electron chi connectivity index (χ0n) is 34.6. The van der Waals surface area contributed by atoms with Crippen LogP contribution in [0.1, 0.15) is 76.3 Å². The summed E-state index contributed by atoms with van der Waals surface area (Å²) in [5.41, 5.74) is 1.89. The highest BCUT2D eigenvalue weighted by atomic mass is 16.6. The van der Waals surface area contributed by atoms with Crippen molar-refractivity contribution in [3.63, 3.8) is 0 Å². The molecule has 0 N–H and O–H groups in total. The van der Waals surface area contributed by atoms with Gasteiger partial charge in [0, 0.05) is 25.7 Å². The van der Waals surface area contributed by atoms with Crippen LogP contribution in [0.4, 0.5) is 0 Å². The molecule has 0 saturated carbocycles. The Morgan fingerprint density at radius 1 is 0.444 bits per heavy atom. The summed E-state index contributed by atoms with van der Waals surface area (Å²) in [6, 6.07) is 10.8. The zero-order valence-corrected chi connectivity index (χ0v) is 34.6. The van der Waals surface area contributed by atoms with Gasteiger partial charge in [-0.05, 0) is 168 Å². The fourth-order valence-corrected chi connectivity index (χ4v) is 5.69. The van der Waals surface area contributed by atoms with Gasteiger partial charge in [0.1, 0.15) is 0 Å². The summed E-state index contributed by atoms with van der Waals surface area (Å²) in [5, 5.41) is 0. The second kappa shape index (κ2) is 24.5. The number of hydrogen-bond acceptors (Lipinski definition) is 12. The van der Waals surface area contributed by atoms with Gasteiger partial charge in [0.15, 0.2) is 23.0 Å². The summed E-state index contributed by atoms with van der Waals surface area (Å²) in [4.78, 5) is 58.9. The smallest absolute Gasteiger partial charge is 0.311 e. The van der Waals surface area contributed by atoms with Crippen LogP contribution < -0.4 is 18.9 Å². The van der Waals surface area contributed by atoms with E-state index in [-0.39, 0.29) is 84.4 Å². The summed E-state index contributed by atoms with van der Waals surface area (Å²) >= 11 is 0. The predicted octanol–water partition coefficient (Wildman–Crippen LogP) is 5.73. The van der Waals surface area contributed by atoms with E-state index in [1.54, 1.807) is 24.3 Å². The molecule has 2 aromatic rings. The minimum atomic E-state index is -0.378. The molecule has 0 spiro atoms. The first kappa shape index (κ1) is 46.3. The third-order valence-corrected chi connectivity index (χ3v) is 8.94. The summed E-state index contributed by atoms with van der Waals surface area (Å²) < 4.78 is 22.9. The van der Waals surface area contributed by atoms with Crippen LogP contribution in [0.2, 0.25) is 0 Å². The average molecular weight is 755 g/mol. The fourth-order valence-electron chi connectivity index (χ4n) is 5.69. The van der Waals surface area contributed by atoms with Gasteiger partial charge in [-0.15, -0.1) is 0 Å². The third kappa shape index (κ3) is 19.5. The molecule has 0 amide bonds. The summed E-state index contributed by atoms with van der Waals surface area (Å²) in [7, 11) is 15.6. The topological polar surface area (TPSA) is 118 Å². The molecule has 2 aromatic carbocycles. The quantitative estimate of drug-likeness (QED) is 0.0910. The first-order valence-electron chi connectivity index (χ1n) is 19.2. The molecule has 0 heterocycles. The maximum Gasteiger partial charge on any atom is 0.311 e. The van der Waals surface area contributed by atoms with Crippen LogP contribution in [0.3, 0.4) is 0 Å². The number of carbonyl (C=O) groups excluding carboxylic acids is 4. The lowest BCUT2D eigenvalue weighted by molar-refractivity contribution is -0.137. The molecule has 0 fully saturated rings. The van der Waals surface area contributed by atoms with Crippen LogP contribution >= 0.6 is 0 Å². The van der Waals surface area contributed by atoms with Gasteiger partial charge in [0.25, 0.3) is 0 Å². The van der Waals surface area contributed by atoms with E-state index >= 15 is 0 Å². The van der Waals surface area contributed by atoms with Crippen LogP contribution in [-0.4, -0.2) is 126 Å². The van der Waals surface area contributed by atoms with Gasteiger partial charge in [0.2, 0.25) is 0 Å². The Kier molecular flexibility index (Phi) is 21.1. The number of esters is 4. The van der Waals surface area contributed by atoms with E-state index in [2.05, 4.69) is 13.8 Å². The minimum absolute atomic E-state index is 0.194. The lowest BCUT2D eigenvalue weighted by Crippen LogP contribution is -2.18. The molecular formula is C42H66N4O8. The Morgan fingerprint density at radius 3 is 0.963 bits per heavy atom. The Hall–Kier alpha value is -3.84. The Labute approximate surface area is 324 Å². The molecule has 0 saturated heterocycles. The molecule has 12 heteroatoms. The highest BCUT2D eigenvalue weighted by Gasteiger charge is 2.21. The van der Waals surface area contributed by atoms with Gasteiger partial charge in [0.05, 0.1) is 0 Å². The van der Waals surface area contributed by atoms with E-state index in [1.165, 1.54) is 0 Å². The molecule has 0 aromatic heterocycles. The van der Waals surface area contributed by atoms with Gasteiger partial charge in [-0.25, -0.2) is 0 Å². The van der Waals surface area contributed by atoms with Gasteiger partial charge in [-0.2, -0.15) is 0 Å². The number of carbonyl (C=O) groups is 4. The van der Waals surface area contributed by atoms with Crippen molar-refractivity contribution in [2.45, 2.75) is 78.1 Å². The molecule has 0 unspecified atom stereocenters. The second-order valence-electron chi connectivity index (χ2n) is 15.4. The monoisotopic (exact) mass is 754 g/mol. The third-order valence-electron chi connectivity index (χ3n) is 8.94. The number of nitrogens with zero attached hydrogens (tertiary/aromatic N) is 4. The Bertz CT molecular complexity index is 1370. The molecule has 0 aliphatic carbocycles. The van der Waals surface area contributed by atoms with Crippen LogP contribution in [0.15, 0.2) is 36.4 Å². The van der Waals surface area contributed by atoms with E-state index in [9.17, 15) is 19.2 Å². The lowest BCUT2D eigenvalue weighted by Gasteiger charge is -2.21. The maximum absolute atomic E-state index is 12.8. The van der Waals surface area contributed by atoms with Crippen molar-refractivity contribution >= 4 is 23.9 Å². The maximum atomic E-state index is 12.8. The van der Waals surface area contributed by atoms with Crippen molar-refractivity contribution in [1.29, 1.82) is 0 Å². The summed E-state index contributed by atoms with van der Waals surface area (Å²) in [6.07, 6.45) is 4.97. The average Bonchev–Trinajstić information content (AvgIpc) is 3.06. The molecular weight excluding hydrogens is 688 g/mol. The van der Waals surface area contributed by atoms with Gasteiger partial charge >= 0.3 is 23.9 Å². The zero-order chi connectivity index (χ0) is 40.2. The number of hydrogen-bond donors (Lipinski definition) is 0.